The quantitative estimate of drug-likeness (QED) is 0.602. The lowest BCUT2D eigenvalue weighted by molar-refractivity contribution is 0.0644. The Kier molecular flexibility index (Phi) is 5.45. The van der Waals surface area contributed by atoms with Gasteiger partial charge in [0, 0.05) is 22.4 Å². The van der Waals surface area contributed by atoms with E-state index in [1.54, 1.807) is 6.07 Å². The van der Waals surface area contributed by atoms with Crippen molar-refractivity contribution in [1.82, 2.24) is 4.90 Å². The van der Waals surface area contributed by atoms with E-state index in [2.05, 4.69) is 31.9 Å². The molecule has 24 heavy (non-hydrogen) atoms. The maximum Gasteiger partial charge on any atom is 0.349 e. The Morgan fingerprint density at radius 3 is 2.58 bits per heavy atom. The Bertz CT molecular complexity index is 825. The van der Waals surface area contributed by atoms with E-state index in [1.807, 2.05) is 24.0 Å². The molecule has 0 spiro atoms. The SMILES string of the molecule is CCN(C(=O)c1cc2cc(Br)cc(Br)c2oc1=O)C1CCCCC1. The van der Waals surface area contributed by atoms with Crippen molar-refractivity contribution in [1.29, 1.82) is 0 Å². The molecule has 3 rings (SSSR count). The first-order valence-electron chi connectivity index (χ1n) is 8.25. The molecule has 0 bridgehead atoms. The predicted octanol–water partition coefficient (Wildman–Crippen LogP) is 5.11. The van der Waals surface area contributed by atoms with Gasteiger partial charge in [-0.2, -0.15) is 0 Å². The van der Waals surface area contributed by atoms with Crippen LogP contribution in [-0.4, -0.2) is 23.4 Å². The maximum absolute atomic E-state index is 13.0. The topological polar surface area (TPSA) is 50.5 Å². The zero-order chi connectivity index (χ0) is 17.3. The molecule has 1 aromatic carbocycles. The van der Waals surface area contributed by atoms with Crippen molar-refractivity contribution < 1.29 is 9.21 Å². The number of carbonyl (C=O) groups excluding carboxylic acids is 1. The molecular weight excluding hydrogens is 438 g/mol. The van der Waals surface area contributed by atoms with Gasteiger partial charge in [-0.25, -0.2) is 4.79 Å². The van der Waals surface area contributed by atoms with Gasteiger partial charge in [0.2, 0.25) is 0 Å². The Labute approximate surface area is 157 Å². The summed E-state index contributed by atoms with van der Waals surface area (Å²) >= 11 is 6.81. The van der Waals surface area contributed by atoms with Gasteiger partial charge in [0.05, 0.1) is 4.47 Å². The van der Waals surface area contributed by atoms with Crippen molar-refractivity contribution in [2.45, 2.75) is 45.1 Å². The normalized spacial score (nSPS) is 15.6. The molecule has 4 nitrogen and oxygen atoms in total. The number of hydrogen-bond acceptors (Lipinski definition) is 3. The smallest absolute Gasteiger partial charge is 0.349 e. The van der Waals surface area contributed by atoms with Crippen molar-refractivity contribution in [3.8, 4) is 0 Å². The number of amides is 1. The van der Waals surface area contributed by atoms with Gasteiger partial charge >= 0.3 is 5.63 Å². The van der Waals surface area contributed by atoms with E-state index in [4.69, 9.17) is 4.42 Å². The number of rotatable bonds is 3. The summed E-state index contributed by atoms with van der Waals surface area (Å²) < 4.78 is 6.95. The van der Waals surface area contributed by atoms with E-state index < -0.39 is 5.63 Å². The fourth-order valence-electron chi connectivity index (χ4n) is 3.42. The average molecular weight is 457 g/mol. The summed E-state index contributed by atoms with van der Waals surface area (Å²) in [5.41, 5.74) is -0.00910. The second-order valence-electron chi connectivity index (χ2n) is 6.14. The summed E-state index contributed by atoms with van der Waals surface area (Å²) in [4.78, 5) is 27.1. The van der Waals surface area contributed by atoms with Crippen LogP contribution < -0.4 is 5.63 Å². The Morgan fingerprint density at radius 2 is 1.92 bits per heavy atom. The van der Waals surface area contributed by atoms with Crippen LogP contribution in [0.3, 0.4) is 0 Å². The molecule has 1 fully saturated rings. The van der Waals surface area contributed by atoms with Crippen LogP contribution in [0.15, 0.2) is 36.4 Å². The second-order valence-corrected chi connectivity index (χ2v) is 7.91. The third-order valence-electron chi connectivity index (χ3n) is 4.60. The van der Waals surface area contributed by atoms with E-state index in [0.29, 0.717) is 16.6 Å². The lowest BCUT2D eigenvalue weighted by Crippen LogP contribution is -2.42. The maximum atomic E-state index is 13.0. The molecule has 1 amide bonds. The molecule has 1 saturated carbocycles. The number of carbonyl (C=O) groups is 1. The molecule has 2 aromatic rings. The van der Waals surface area contributed by atoms with Gasteiger partial charge in [0.25, 0.3) is 5.91 Å². The standard InChI is InChI=1S/C18H19Br2NO3/c1-2-21(13-6-4-3-5-7-13)17(22)14-9-11-8-12(19)10-15(20)16(11)24-18(14)23/h8-10,13H,2-7H2,1H3. The summed E-state index contributed by atoms with van der Waals surface area (Å²) in [7, 11) is 0. The molecule has 6 heteroatoms. The van der Waals surface area contributed by atoms with Gasteiger partial charge in [-0.15, -0.1) is 0 Å². The van der Waals surface area contributed by atoms with Gasteiger partial charge in [0.15, 0.2) is 5.58 Å². The van der Waals surface area contributed by atoms with Crippen LogP contribution in [0.25, 0.3) is 11.0 Å². The van der Waals surface area contributed by atoms with Crippen molar-refractivity contribution in [2.75, 3.05) is 6.54 Å². The number of nitrogens with zero attached hydrogens (tertiary/aromatic N) is 1. The average Bonchev–Trinajstić information content (AvgIpc) is 2.56. The highest BCUT2D eigenvalue weighted by Gasteiger charge is 2.27. The summed E-state index contributed by atoms with van der Waals surface area (Å²) in [6.45, 7) is 2.56. The second kappa shape index (κ2) is 7.40. The lowest BCUT2D eigenvalue weighted by atomic mass is 9.93. The summed E-state index contributed by atoms with van der Waals surface area (Å²) in [6.07, 6.45) is 5.52. The molecule has 1 heterocycles. The highest BCUT2D eigenvalue weighted by atomic mass is 79.9. The molecule has 0 aliphatic heterocycles. The first-order chi connectivity index (χ1) is 11.5. The first-order valence-corrected chi connectivity index (χ1v) is 9.83. The third kappa shape index (κ3) is 3.45. The predicted molar refractivity (Wildman–Crippen MR) is 101 cm³/mol. The fraction of sp³-hybridized carbons (Fsp3) is 0.444. The summed E-state index contributed by atoms with van der Waals surface area (Å²) in [5.74, 6) is -0.226. The highest BCUT2D eigenvalue weighted by Crippen LogP contribution is 2.29. The van der Waals surface area contributed by atoms with E-state index in [1.165, 1.54) is 6.42 Å². The first kappa shape index (κ1) is 17.7. The van der Waals surface area contributed by atoms with Crippen molar-refractivity contribution in [3.05, 3.63) is 43.1 Å². The van der Waals surface area contributed by atoms with Gasteiger partial charge < -0.3 is 9.32 Å². The number of fused-ring (bicyclic) bond motifs is 1. The van der Waals surface area contributed by atoms with Gasteiger partial charge in [-0.3, -0.25) is 4.79 Å². The minimum Gasteiger partial charge on any atom is -0.421 e. The van der Waals surface area contributed by atoms with Crippen LogP contribution in [0.2, 0.25) is 0 Å². The Hall–Kier alpha value is -1.14. The van der Waals surface area contributed by atoms with E-state index in [-0.39, 0.29) is 17.5 Å². The molecule has 1 aliphatic carbocycles. The Morgan fingerprint density at radius 1 is 1.21 bits per heavy atom. The van der Waals surface area contributed by atoms with Gasteiger partial charge in [-0.1, -0.05) is 35.2 Å². The zero-order valence-electron chi connectivity index (χ0n) is 13.5. The van der Waals surface area contributed by atoms with Crippen LogP contribution in [0.5, 0.6) is 0 Å². The minimum atomic E-state index is -0.579. The van der Waals surface area contributed by atoms with E-state index in [9.17, 15) is 9.59 Å². The summed E-state index contributed by atoms with van der Waals surface area (Å²) in [6, 6.07) is 5.52. The van der Waals surface area contributed by atoms with Crippen molar-refractivity contribution in [2.24, 2.45) is 0 Å². The molecule has 0 N–H and O–H groups in total. The third-order valence-corrected chi connectivity index (χ3v) is 5.65. The molecule has 0 atom stereocenters. The van der Waals surface area contributed by atoms with E-state index in [0.717, 1.165) is 35.5 Å². The molecule has 1 aliphatic rings. The van der Waals surface area contributed by atoms with Gasteiger partial charge in [-0.05, 0) is 53.9 Å². The fourth-order valence-corrected chi connectivity index (χ4v) is 4.76. The largest absolute Gasteiger partial charge is 0.421 e. The molecule has 0 saturated heterocycles. The Balaban J connectivity index is 2.02. The molecule has 0 radical (unpaired) electrons. The van der Waals surface area contributed by atoms with E-state index >= 15 is 0 Å². The van der Waals surface area contributed by atoms with Crippen LogP contribution in [0.4, 0.5) is 0 Å². The molecule has 0 unspecified atom stereocenters. The lowest BCUT2D eigenvalue weighted by Gasteiger charge is -2.33. The molecule has 1 aromatic heterocycles. The molecular formula is C18H19Br2NO3. The van der Waals surface area contributed by atoms with Crippen LogP contribution in [-0.2, 0) is 0 Å². The number of benzene rings is 1. The monoisotopic (exact) mass is 455 g/mol. The zero-order valence-corrected chi connectivity index (χ0v) is 16.7. The van der Waals surface area contributed by atoms with Crippen LogP contribution in [0, 0.1) is 0 Å². The molecule has 128 valence electrons. The number of hydrogen-bond donors (Lipinski definition) is 0. The highest BCUT2D eigenvalue weighted by molar-refractivity contribution is 9.11. The van der Waals surface area contributed by atoms with Crippen molar-refractivity contribution >= 4 is 48.7 Å². The van der Waals surface area contributed by atoms with Gasteiger partial charge in [0.1, 0.15) is 5.56 Å². The number of halogens is 2. The summed E-state index contributed by atoms with van der Waals surface area (Å²) in [5, 5.41) is 0.721. The minimum absolute atomic E-state index is 0.111. The van der Waals surface area contributed by atoms with Crippen molar-refractivity contribution in [3.63, 3.8) is 0 Å². The van der Waals surface area contributed by atoms with Crippen LogP contribution in [0.1, 0.15) is 49.4 Å². The van der Waals surface area contributed by atoms with Crippen LogP contribution >= 0.6 is 31.9 Å².